The first-order chi connectivity index (χ1) is 14.5. The molecule has 6 heteroatoms. The van der Waals surface area contributed by atoms with Crippen LogP contribution in [0, 0.1) is 11.7 Å². The molecule has 4 rings (SSSR count). The minimum atomic E-state index is -0.188. The lowest BCUT2D eigenvalue weighted by Crippen LogP contribution is -2.40. The Labute approximate surface area is 184 Å². The van der Waals surface area contributed by atoms with Gasteiger partial charge in [-0.1, -0.05) is 31.9 Å². The van der Waals surface area contributed by atoms with E-state index >= 15 is 0 Å². The van der Waals surface area contributed by atoms with Gasteiger partial charge >= 0.3 is 0 Å². The van der Waals surface area contributed by atoms with Gasteiger partial charge in [0.2, 0.25) is 0 Å². The van der Waals surface area contributed by atoms with Crippen molar-refractivity contribution in [3.63, 3.8) is 0 Å². The molecule has 1 saturated carbocycles. The molecule has 2 fully saturated rings. The van der Waals surface area contributed by atoms with Crippen molar-refractivity contribution in [2.24, 2.45) is 5.92 Å². The van der Waals surface area contributed by atoms with Crippen molar-refractivity contribution in [1.82, 2.24) is 10.3 Å². The predicted molar refractivity (Wildman–Crippen MR) is 126 cm³/mol. The second-order valence-electron chi connectivity index (χ2n) is 8.90. The summed E-state index contributed by atoms with van der Waals surface area (Å²) in [6.45, 7) is 5.21. The number of rotatable bonds is 5. The third-order valence-electron chi connectivity index (χ3n) is 6.59. The highest BCUT2D eigenvalue weighted by Gasteiger charge is 2.35. The highest BCUT2D eigenvalue weighted by Crippen LogP contribution is 2.40. The number of hydrogen-bond donors (Lipinski definition) is 2. The zero-order valence-corrected chi connectivity index (χ0v) is 18.5. The molecule has 1 unspecified atom stereocenters. The number of pyridine rings is 1. The Kier molecular flexibility index (Phi) is 6.52. The van der Waals surface area contributed by atoms with Crippen molar-refractivity contribution in [2.45, 2.75) is 50.9 Å². The molecular weight excluding hydrogens is 395 g/mol. The van der Waals surface area contributed by atoms with Gasteiger partial charge in [0.05, 0.1) is 11.9 Å². The van der Waals surface area contributed by atoms with Crippen molar-refractivity contribution in [3.05, 3.63) is 54.0 Å². The molecule has 0 spiro atoms. The molecule has 1 aromatic carbocycles. The van der Waals surface area contributed by atoms with Gasteiger partial charge in [0.1, 0.15) is 11.6 Å². The number of halogens is 1. The molecule has 0 amide bonds. The average molecular weight is 427 g/mol. The molecule has 0 radical (unpaired) electrons. The maximum absolute atomic E-state index is 13.4. The molecule has 2 heterocycles. The van der Waals surface area contributed by atoms with Gasteiger partial charge < -0.3 is 15.5 Å². The van der Waals surface area contributed by atoms with Crippen LogP contribution in [0.5, 0.6) is 0 Å². The Morgan fingerprint density at radius 3 is 2.60 bits per heavy atom. The van der Waals surface area contributed by atoms with Crippen LogP contribution in [0.2, 0.25) is 0 Å². The number of anilines is 2. The predicted octanol–water partition coefficient (Wildman–Crippen LogP) is 5.26. The fourth-order valence-corrected chi connectivity index (χ4v) is 5.08. The van der Waals surface area contributed by atoms with Gasteiger partial charge in [0.25, 0.3) is 0 Å². The summed E-state index contributed by atoms with van der Waals surface area (Å²) in [6, 6.07) is 11.1. The molecule has 0 bridgehead atoms. The third kappa shape index (κ3) is 4.91. The highest BCUT2D eigenvalue weighted by molar-refractivity contribution is 7.80. The monoisotopic (exact) mass is 426 g/mol. The summed E-state index contributed by atoms with van der Waals surface area (Å²) in [5, 5.41) is 7.26. The van der Waals surface area contributed by atoms with Crippen molar-refractivity contribution in [3.8, 4) is 0 Å². The Morgan fingerprint density at radius 1 is 1.17 bits per heavy atom. The molecule has 1 aliphatic heterocycles. The fourth-order valence-electron chi connectivity index (χ4n) is 4.89. The van der Waals surface area contributed by atoms with Crippen LogP contribution in [0.25, 0.3) is 0 Å². The van der Waals surface area contributed by atoms with Crippen LogP contribution in [0.1, 0.15) is 51.0 Å². The summed E-state index contributed by atoms with van der Waals surface area (Å²) in [7, 11) is 0. The number of nitrogens with one attached hydrogen (secondary N) is 2. The number of aromatic nitrogens is 1. The van der Waals surface area contributed by atoms with Crippen LogP contribution in [0.4, 0.5) is 15.9 Å². The first kappa shape index (κ1) is 21.0. The Bertz CT molecular complexity index is 847. The third-order valence-corrected chi connectivity index (χ3v) is 6.84. The van der Waals surface area contributed by atoms with Crippen molar-refractivity contribution < 1.29 is 4.39 Å². The fraction of sp³-hybridized carbons (Fsp3) is 0.500. The Balaban J connectivity index is 1.34. The van der Waals surface area contributed by atoms with Gasteiger partial charge in [-0.05, 0) is 73.6 Å². The second-order valence-corrected chi connectivity index (χ2v) is 9.31. The number of piperidine rings is 1. The van der Waals surface area contributed by atoms with Crippen LogP contribution in [0.15, 0.2) is 42.6 Å². The van der Waals surface area contributed by atoms with Crippen molar-refractivity contribution in [2.75, 3.05) is 29.9 Å². The lowest BCUT2D eigenvalue weighted by atomic mass is 9.79. The van der Waals surface area contributed by atoms with Gasteiger partial charge in [-0.3, -0.25) is 0 Å². The minimum absolute atomic E-state index is 0.0203. The lowest BCUT2D eigenvalue weighted by Gasteiger charge is -2.32. The zero-order valence-electron chi connectivity index (χ0n) is 17.7. The number of benzene rings is 1. The van der Waals surface area contributed by atoms with Crippen LogP contribution < -0.4 is 15.5 Å². The summed E-state index contributed by atoms with van der Waals surface area (Å²) in [4.78, 5) is 7.00. The topological polar surface area (TPSA) is 40.2 Å². The molecule has 4 nitrogen and oxygen atoms in total. The first-order valence-corrected chi connectivity index (χ1v) is 11.5. The molecule has 2 N–H and O–H groups in total. The highest BCUT2D eigenvalue weighted by atomic mass is 32.1. The molecule has 160 valence electrons. The lowest BCUT2D eigenvalue weighted by molar-refractivity contribution is 0.434. The zero-order chi connectivity index (χ0) is 21.0. The minimum Gasteiger partial charge on any atom is -0.362 e. The molecular formula is C24H31FN4S. The van der Waals surface area contributed by atoms with Gasteiger partial charge in [-0.15, -0.1) is 0 Å². The number of hydrogen-bond acceptors (Lipinski definition) is 3. The van der Waals surface area contributed by atoms with Gasteiger partial charge in [0.15, 0.2) is 5.11 Å². The van der Waals surface area contributed by atoms with Crippen LogP contribution in [-0.4, -0.2) is 29.7 Å². The molecule has 1 aliphatic carbocycles. The van der Waals surface area contributed by atoms with Gasteiger partial charge in [0, 0.05) is 25.0 Å². The van der Waals surface area contributed by atoms with Crippen LogP contribution in [-0.2, 0) is 5.41 Å². The van der Waals surface area contributed by atoms with Gasteiger partial charge in [-0.2, -0.15) is 0 Å². The van der Waals surface area contributed by atoms with E-state index in [9.17, 15) is 4.39 Å². The molecule has 1 saturated heterocycles. The van der Waals surface area contributed by atoms with E-state index in [0.29, 0.717) is 5.11 Å². The van der Waals surface area contributed by atoms with Crippen LogP contribution in [0.3, 0.4) is 0 Å². The van der Waals surface area contributed by atoms with E-state index in [1.54, 1.807) is 12.1 Å². The van der Waals surface area contributed by atoms with E-state index in [2.05, 4.69) is 33.5 Å². The maximum atomic E-state index is 13.4. The number of thiocarbonyl (C=S) groups is 1. The van der Waals surface area contributed by atoms with E-state index in [1.165, 1.54) is 31.2 Å². The van der Waals surface area contributed by atoms with E-state index in [4.69, 9.17) is 12.2 Å². The summed E-state index contributed by atoms with van der Waals surface area (Å²) >= 11 is 5.54. The Morgan fingerprint density at radius 2 is 1.93 bits per heavy atom. The summed E-state index contributed by atoms with van der Waals surface area (Å²) in [5.41, 5.74) is 2.11. The van der Waals surface area contributed by atoms with Crippen LogP contribution >= 0.6 is 12.2 Å². The molecule has 2 aromatic rings. The normalized spacial score (nSPS) is 20.7. The number of nitrogens with zero attached hydrogens (tertiary/aromatic N) is 2. The first-order valence-electron chi connectivity index (χ1n) is 11.1. The molecule has 2 aliphatic rings. The van der Waals surface area contributed by atoms with Crippen molar-refractivity contribution in [1.29, 1.82) is 0 Å². The average Bonchev–Trinajstić information content (AvgIpc) is 3.23. The molecule has 1 aromatic heterocycles. The maximum Gasteiger partial charge on any atom is 0.170 e. The summed E-state index contributed by atoms with van der Waals surface area (Å²) in [6.07, 6.45) is 8.97. The van der Waals surface area contributed by atoms with E-state index < -0.39 is 0 Å². The summed E-state index contributed by atoms with van der Waals surface area (Å²) < 4.78 is 13.4. The van der Waals surface area contributed by atoms with E-state index in [-0.39, 0.29) is 11.2 Å². The standard InChI is InChI=1S/C24H31FN4S/c1-18-5-4-14-29(16-18)22-11-10-21(15-26-22)28-23(30)27-17-24(12-2-3-13-24)19-6-8-20(25)9-7-19/h6-11,15,18H,2-5,12-14,16-17H2,1H3,(H2,27,28,30). The molecule has 30 heavy (non-hydrogen) atoms. The van der Waals surface area contributed by atoms with Gasteiger partial charge in [-0.25, -0.2) is 9.37 Å². The molecule has 1 atom stereocenters. The summed E-state index contributed by atoms with van der Waals surface area (Å²) in [5.74, 6) is 1.57. The largest absolute Gasteiger partial charge is 0.362 e. The Hall–Kier alpha value is -2.21. The van der Waals surface area contributed by atoms with E-state index in [1.807, 2.05) is 24.4 Å². The van der Waals surface area contributed by atoms with E-state index in [0.717, 1.165) is 49.9 Å². The second kappa shape index (κ2) is 9.29. The SMILES string of the molecule is CC1CCCN(c2ccc(NC(=S)NCC3(c4ccc(F)cc4)CCCC3)cn2)C1. The quantitative estimate of drug-likeness (QED) is 0.639. The van der Waals surface area contributed by atoms with Crippen molar-refractivity contribution >= 4 is 28.8 Å². The smallest absolute Gasteiger partial charge is 0.170 e.